The number of esters is 2. The topological polar surface area (TPSA) is 88.2 Å². The Morgan fingerprint density at radius 1 is 0.253 bits per heavy atom. The molecule has 150 heavy (non-hydrogen) atoms. The summed E-state index contributed by atoms with van der Waals surface area (Å²) in [7, 11) is 0.744. The van der Waals surface area contributed by atoms with Crippen LogP contribution in [0.15, 0.2) is 612 Å². The Labute approximate surface area is 920 Å². The van der Waals surface area contributed by atoms with E-state index in [0.29, 0.717) is 5.69 Å². The number of ether oxygens (including phenoxy) is 2. The minimum Gasteiger partial charge on any atom is -0.465 e. The van der Waals surface area contributed by atoms with E-state index in [4.69, 9.17) is 4.74 Å². The predicted octanol–water partition coefficient (Wildman–Crippen LogP) is 28.4. The van der Waals surface area contributed by atoms with Crippen LogP contribution in [0.1, 0.15) is 61.5 Å². The molecule has 0 unspecified atom stereocenters. The SMILES string of the molecule is C.COC(=O)c1cccc(F)c1-c1cn(C(c2ccccc2)(c2ccccc2)c2ccccc2)cn1.COC(=O)c1cccc(F)c1Br.Ic1cn(C(c2ccccc2)(c2ccccc2)c2ccccc2)cn1.[Pd].c1ccc(P(c2ccccc2)c2ccccc2)cc1.c1ccc(P(c2ccccc2)c2ccccc2)cc1.c1ccc(P(c2ccccc2)c2ccccc2)cc1.c1ccc(P(c2ccccc2)c2ccccc2)cc1. The van der Waals surface area contributed by atoms with Gasteiger partial charge in [-0.15, -0.1) is 0 Å². The maximum Gasteiger partial charge on any atom is 0.339 e. The molecule has 8 nitrogen and oxygen atoms in total. The quantitative estimate of drug-likeness (QED) is 0.0208. The van der Waals surface area contributed by atoms with Crippen LogP contribution >= 0.6 is 70.2 Å². The summed E-state index contributed by atoms with van der Waals surface area (Å²) in [5, 5.41) is 16.8. The van der Waals surface area contributed by atoms with Crippen molar-refractivity contribution in [1.29, 1.82) is 0 Å². The second-order valence-electron chi connectivity index (χ2n) is 33.5. The van der Waals surface area contributed by atoms with Crippen LogP contribution in [0.3, 0.4) is 0 Å². The summed E-state index contributed by atoms with van der Waals surface area (Å²) >= 11 is 5.21. The molecule has 0 aliphatic rings. The Balaban J connectivity index is 0.000000140. The number of rotatable bonds is 23. The molecule has 0 saturated carbocycles. The largest absolute Gasteiger partial charge is 0.465 e. The maximum absolute atomic E-state index is 15.1. The molecule has 744 valence electrons. The van der Waals surface area contributed by atoms with Crippen LogP contribution in [-0.2, 0) is 41.0 Å². The molecular formula is C133H110BrF2IN4O4P4Pd. The molecule has 0 amide bonds. The van der Waals surface area contributed by atoms with Crippen LogP contribution in [0.25, 0.3) is 11.3 Å². The van der Waals surface area contributed by atoms with Gasteiger partial charge in [-0.3, -0.25) is 0 Å². The number of methoxy groups -OCH3 is 2. The predicted molar refractivity (Wildman–Crippen MR) is 636 cm³/mol. The van der Waals surface area contributed by atoms with Gasteiger partial charge in [0.2, 0.25) is 0 Å². The van der Waals surface area contributed by atoms with Gasteiger partial charge in [-0.2, -0.15) is 0 Å². The summed E-state index contributed by atoms with van der Waals surface area (Å²) in [6.45, 7) is 0. The summed E-state index contributed by atoms with van der Waals surface area (Å²) < 4.78 is 42.5. The van der Waals surface area contributed by atoms with Gasteiger partial charge in [-0.1, -0.05) is 566 Å². The van der Waals surface area contributed by atoms with E-state index in [0.717, 1.165) is 20.4 Å². The van der Waals surface area contributed by atoms with Gasteiger partial charge in [-0.25, -0.2) is 28.3 Å². The van der Waals surface area contributed by atoms with Crippen molar-refractivity contribution < 1.29 is 48.3 Å². The monoisotopic (exact) mass is 2300 g/mol. The number of benzene rings is 20. The number of hydrogen-bond donors (Lipinski definition) is 0. The smallest absolute Gasteiger partial charge is 0.339 e. The maximum atomic E-state index is 15.1. The Kier molecular flexibility index (Phi) is 42.6. The Morgan fingerprint density at radius 2 is 0.433 bits per heavy atom. The molecule has 0 aliphatic heterocycles. The van der Waals surface area contributed by atoms with Gasteiger partial charge in [0.25, 0.3) is 0 Å². The van der Waals surface area contributed by atoms with Crippen LogP contribution in [0.5, 0.6) is 0 Å². The third-order valence-corrected chi connectivity index (χ3v) is 35.4. The molecule has 22 rings (SSSR count). The van der Waals surface area contributed by atoms with Crippen molar-refractivity contribution >= 4 is 146 Å². The zero-order valence-electron chi connectivity index (χ0n) is 81.8. The number of carbonyl (C=O) groups is 2. The fraction of sp³-hybridized carbons (Fsp3) is 0.0376. The molecule has 0 N–H and O–H groups in total. The van der Waals surface area contributed by atoms with E-state index in [9.17, 15) is 14.0 Å². The summed E-state index contributed by atoms with van der Waals surface area (Å²) in [6.07, 6.45) is 7.51. The van der Waals surface area contributed by atoms with E-state index < -0.39 is 66.3 Å². The fourth-order valence-electron chi connectivity index (χ4n) is 17.6. The van der Waals surface area contributed by atoms with Crippen molar-refractivity contribution in [1.82, 2.24) is 19.1 Å². The summed E-state index contributed by atoms with van der Waals surface area (Å²) in [4.78, 5) is 32.5. The van der Waals surface area contributed by atoms with Crippen LogP contribution < -0.4 is 63.7 Å². The average Bonchev–Trinajstić information content (AvgIpc) is 1.39. The second-order valence-corrected chi connectivity index (χ2v) is 44.3. The number of halogens is 4. The molecule has 17 heteroatoms. The number of nitrogens with zero attached hydrogens (tertiary/aromatic N) is 4. The third-order valence-electron chi connectivity index (χ3n) is 24.3. The van der Waals surface area contributed by atoms with Crippen molar-refractivity contribution in [3.63, 3.8) is 0 Å². The average molecular weight is 2300 g/mol. The van der Waals surface area contributed by atoms with E-state index >= 15 is 4.39 Å². The van der Waals surface area contributed by atoms with Crippen LogP contribution in [0.4, 0.5) is 8.78 Å². The first kappa shape index (κ1) is 111. The van der Waals surface area contributed by atoms with Gasteiger partial charge < -0.3 is 18.6 Å². The molecule has 0 fully saturated rings. The van der Waals surface area contributed by atoms with Gasteiger partial charge in [0, 0.05) is 32.8 Å². The zero-order valence-corrected chi connectivity index (χ0v) is 90.6. The number of hydrogen-bond acceptors (Lipinski definition) is 6. The van der Waals surface area contributed by atoms with Crippen LogP contribution in [-0.4, -0.2) is 45.3 Å². The van der Waals surface area contributed by atoms with Gasteiger partial charge in [0.15, 0.2) is 0 Å². The first-order valence-corrected chi connectivity index (χ1v) is 55.5. The first-order chi connectivity index (χ1) is 72.9. The molecule has 0 saturated heterocycles. The normalized spacial score (nSPS) is 10.7. The molecule has 20 aromatic carbocycles. The summed E-state index contributed by atoms with van der Waals surface area (Å²) in [5.41, 5.74) is 6.21. The van der Waals surface area contributed by atoms with Gasteiger partial charge >= 0.3 is 11.9 Å². The summed E-state index contributed by atoms with van der Waals surface area (Å²) in [6, 6.07) is 200. The molecule has 2 heterocycles. The summed E-state index contributed by atoms with van der Waals surface area (Å²) in [5.74, 6) is -2.18. The number of aromatic nitrogens is 4. The van der Waals surface area contributed by atoms with E-state index in [1.165, 1.54) is 125 Å². The van der Waals surface area contributed by atoms with Crippen molar-refractivity contribution in [2.45, 2.75) is 18.5 Å². The molecule has 0 radical (unpaired) electrons. The van der Waals surface area contributed by atoms with Gasteiger partial charge in [0.1, 0.15) is 26.4 Å². The Bertz CT molecular complexity index is 6690. The van der Waals surface area contributed by atoms with E-state index in [1.54, 1.807) is 18.6 Å². The van der Waals surface area contributed by atoms with E-state index in [-0.39, 0.29) is 49.0 Å². The Morgan fingerprint density at radius 3 is 0.633 bits per heavy atom. The van der Waals surface area contributed by atoms with Crippen molar-refractivity contribution in [3.8, 4) is 11.3 Å². The van der Waals surface area contributed by atoms with Crippen molar-refractivity contribution in [2.24, 2.45) is 0 Å². The number of carbonyl (C=O) groups excluding carboxylic acids is 2. The van der Waals surface area contributed by atoms with E-state index in [2.05, 4.69) is 555 Å². The Hall–Kier alpha value is -14.8. The standard InChI is InChI=1S/C30H23FN2O2.C22H17IN2.4C18H15P.C8H6BrFO2.CH4.Pd/c1-35-29(34)25-18-11-19-26(31)28(25)27-20-33(21-32-27)30(22-12-5-2-6-13-22,23-14-7-3-8-15-23)24-16-9-4-10-17-24;23-21-16-25(17-24-21)22(18-10-4-1-5-11-18,19-12-6-2-7-13-19)20-14-8-3-9-15-20;4*1-4-10-16(11-5-1)19(17-12-6-2-7-13-17)18-14-8-3-9-15-18;1-12-8(11)5-3-2-4-6(10)7(5)9;;/h2-21H,1H3;1-17H;4*1-15H;2-4H,1H3;1H4;. The fourth-order valence-corrected chi connectivity index (χ4v) is 27.7. The molecule has 0 aliphatic carbocycles. The van der Waals surface area contributed by atoms with Crippen molar-refractivity contribution in [2.75, 3.05) is 14.2 Å². The van der Waals surface area contributed by atoms with Crippen molar-refractivity contribution in [3.05, 3.63) is 672 Å². The number of imidazole rings is 2. The minimum atomic E-state index is -0.786. The van der Waals surface area contributed by atoms with Gasteiger partial charge in [-0.05, 0) is 192 Å². The minimum absolute atomic E-state index is 0. The molecule has 0 spiro atoms. The molecule has 2 aromatic heterocycles. The third kappa shape index (κ3) is 28.2. The zero-order chi connectivity index (χ0) is 102. The molecule has 22 aromatic rings. The first-order valence-electron chi connectivity index (χ1n) is 48.2. The van der Waals surface area contributed by atoms with E-state index in [1.807, 2.05) is 65.5 Å². The van der Waals surface area contributed by atoms with Crippen LogP contribution in [0, 0.1) is 15.3 Å². The van der Waals surface area contributed by atoms with Crippen LogP contribution in [0.2, 0.25) is 0 Å². The van der Waals surface area contributed by atoms with Gasteiger partial charge in [0.05, 0.1) is 53.7 Å². The molecular weight excluding hydrogens is 2190 g/mol. The second kappa shape index (κ2) is 57.7. The molecule has 0 atom stereocenters. The molecule has 0 bridgehead atoms.